The van der Waals surface area contributed by atoms with E-state index in [1.54, 1.807) is 10.6 Å². The first-order chi connectivity index (χ1) is 17.5. The summed E-state index contributed by atoms with van der Waals surface area (Å²) < 4.78 is 1.59. The highest BCUT2D eigenvalue weighted by Gasteiger charge is 2.24. The van der Waals surface area contributed by atoms with Crippen LogP contribution in [0.15, 0.2) is 59.4 Å². The number of fused-ring (bicyclic) bond motifs is 2. The Labute approximate surface area is 213 Å². The third-order valence-electron chi connectivity index (χ3n) is 7.04. The summed E-state index contributed by atoms with van der Waals surface area (Å²) in [5.41, 5.74) is 10.4. The molecule has 2 aromatic heterocycles. The first-order valence-corrected chi connectivity index (χ1v) is 13.1. The van der Waals surface area contributed by atoms with Gasteiger partial charge in [-0.15, -0.1) is 11.3 Å². The predicted octanol–water partition coefficient (Wildman–Crippen LogP) is 3.55. The first-order valence-electron chi connectivity index (χ1n) is 12.3. The van der Waals surface area contributed by atoms with Crippen molar-refractivity contribution < 1.29 is 4.79 Å². The van der Waals surface area contributed by atoms with Gasteiger partial charge in [0.05, 0.1) is 16.1 Å². The van der Waals surface area contributed by atoms with Gasteiger partial charge in [-0.2, -0.15) is 0 Å². The van der Waals surface area contributed by atoms with Crippen LogP contribution < -0.4 is 21.5 Å². The zero-order valence-electron chi connectivity index (χ0n) is 20.1. The van der Waals surface area contributed by atoms with E-state index in [2.05, 4.69) is 45.3 Å². The van der Waals surface area contributed by atoms with Crippen LogP contribution in [0.4, 0.5) is 17.2 Å². The molecule has 0 saturated carbocycles. The molecule has 0 spiro atoms. The number of hydrogen-bond acceptors (Lipinski definition) is 7. The van der Waals surface area contributed by atoms with Gasteiger partial charge in [0, 0.05) is 30.5 Å². The van der Waals surface area contributed by atoms with Crippen LogP contribution in [-0.4, -0.2) is 53.1 Å². The standard InChI is InChI=1S/C27H28N6O2S/c1-31-13-11-18(16-31)29-25(34)23-15-22-26(36-23)30-24(28)27(35)33(22)20-10-9-17-6-5-12-32(21(17)14-20)19-7-3-2-4-8-19/h2-4,7-10,14-15,18H,5-6,11-13,16H2,1H3,(H2,28,30)(H,29,34). The van der Waals surface area contributed by atoms with Crippen LogP contribution in [0.3, 0.4) is 0 Å². The first kappa shape index (κ1) is 22.8. The number of carbonyl (C=O) groups is 1. The Kier molecular flexibility index (Phi) is 5.73. The summed E-state index contributed by atoms with van der Waals surface area (Å²) >= 11 is 1.26. The summed E-state index contributed by atoms with van der Waals surface area (Å²) in [6, 6.07) is 18.3. The molecule has 1 atom stereocenters. The fourth-order valence-electron chi connectivity index (χ4n) is 5.25. The number of nitrogen functional groups attached to an aromatic ring is 1. The number of rotatable bonds is 4. The minimum atomic E-state index is -0.383. The van der Waals surface area contributed by atoms with Gasteiger partial charge in [0.2, 0.25) is 0 Å². The molecule has 8 nitrogen and oxygen atoms in total. The molecule has 2 aliphatic rings. The molecular weight excluding hydrogens is 472 g/mol. The number of para-hydroxylation sites is 1. The second-order valence-electron chi connectivity index (χ2n) is 9.56. The van der Waals surface area contributed by atoms with E-state index in [0.717, 1.165) is 50.3 Å². The topological polar surface area (TPSA) is 96.5 Å². The van der Waals surface area contributed by atoms with Crippen molar-refractivity contribution in [1.82, 2.24) is 19.8 Å². The zero-order chi connectivity index (χ0) is 24.8. The smallest absolute Gasteiger partial charge is 0.298 e. The van der Waals surface area contributed by atoms with Crippen LogP contribution in [0.1, 0.15) is 28.1 Å². The molecule has 1 amide bonds. The monoisotopic (exact) mass is 500 g/mol. The molecule has 2 aromatic carbocycles. The number of aromatic nitrogens is 2. The molecular formula is C27H28N6O2S. The summed E-state index contributed by atoms with van der Waals surface area (Å²) in [7, 11) is 2.05. The number of nitrogens with two attached hydrogens (primary N) is 1. The van der Waals surface area contributed by atoms with Gasteiger partial charge in [-0.05, 0) is 68.8 Å². The van der Waals surface area contributed by atoms with Crippen molar-refractivity contribution in [1.29, 1.82) is 0 Å². The number of nitrogens with zero attached hydrogens (tertiary/aromatic N) is 4. The average Bonchev–Trinajstić information content (AvgIpc) is 3.50. The molecule has 36 heavy (non-hydrogen) atoms. The Morgan fingerprint density at radius 1 is 1.11 bits per heavy atom. The molecule has 0 radical (unpaired) electrons. The Hall–Kier alpha value is -3.69. The van der Waals surface area contributed by atoms with E-state index in [9.17, 15) is 9.59 Å². The largest absolute Gasteiger partial charge is 0.379 e. The van der Waals surface area contributed by atoms with E-state index < -0.39 is 0 Å². The summed E-state index contributed by atoms with van der Waals surface area (Å²) in [6.45, 7) is 2.70. The second-order valence-corrected chi connectivity index (χ2v) is 10.6. The Bertz CT molecular complexity index is 1510. The van der Waals surface area contributed by atoms with Crippen LogP contribution in [-0.2, 0) is 6.42 Å². The number of nitrogens with one attached hydrogen (secondary N) is 1. The average molecular weight is 501 g/mol. The minimum absolute atomic E-state index is 0.0774. The van der Waals surface area contributed by atoms with Crippen molar-refractivity contribution in [2.45, 2.75) is 25.3 Å². The summed E-state index contributed by atoms with van der Waals surface area (Å²) in [6.07, 6.45) is 2.98. The third kappa shape index (κ3) is 4.04. The quantitative estimate of drug-likeness (QED) is 0.445. The van der Waals surface area contributed by atoms with Crippen molar-refractivity contribution in [3.8, 4) is 5.69 Å². The second kappa shape index (κ2) is 9.07. The molecule has 9 heteroatoms. The van der Waals surface area contributed by atoms with Gasteiger partial charge < -0.3 is 20.9 Å². The number of aryl methyl sites for hydroxylation is 1. The lowest BCUT2D eigenvalue weighted by molar-refractivity contribution is 0.0942. The van der Waals surface area contributed by atoms with Gasteiger partial charge in [-0.25, -0.2) is 4.98 Å². The van der Waals surface area contributed by atoms with Gasteiger partial charge in [-0.1, -0.05) is 24.3 Å². The summed E-state index contributed by atoms with van der Waals surface area (Å²) in [5, 5.41) is 3.12. The van der Waals surface area contributed by atoms with Crippen molar-refractivity contribution >= 4 is 44.8 Å². The van der Waals surface area contributed by atoms with E-state index in [1.807, 2.05) is 30.3 Å². The molecule has 6 rings (SSSR count). The molecule has 1 fully saturated rings. The normalized spacial score (nSPS) is 17.9. The maximum absolute atomic E-state index is 13.3. The number of amides is 1. The van der Waals surface area contributed by atoms with Gasteiger partial charge in [0.1, 0.15) is 4.83 Å². The van der Waals surface area contributed by atoms with Gasteiger partial charge in [-0.3, -0.25) is 14.2 Å². The number of likely N-dealkylation sites (tertiary alicyclic amines) is 1. The van der Waals surface area contributed by atoms with Gasteiger partial charge >= 0.3 is 0 Å². The molecule has 1 saturated heterocycles. The summed E-state index contributed by atoms with van der Waals surface area (Å²) in [4.78, 5) is 36.2. The maximum Gasteiger partial charge on any atom is 0.298 e. The lowest BCUT2D eigenvalue weighted by Gasteiger charge is -2.32. The molecule has 184 valence electrons. The zero-order valence-corrected chi connectivity index (χ0v) is 20.9. The molecule has 2 aliphatic heterocycles. The Morgan fingerprint density at radius 3 is 2.72 bits per heavy atom. The highest BCUT2D eigenvalue weighted by atomic mass is 32.1. The lowest BCUT2D eigenvalue weighted by Crippen LogP contribution is -2.36. The van der Waals surface area contributed by atoms with Crippen LogP contribution in [0.2, 0.25) is 0 Å². The third-order valence-corrected chi connectivity index (χ3v) is 8.06. The van der Waals surface area contributed by atoms with Gasteiger partial charge in [0.25, 0.3) is 11.5 Å². The number of thiophene rings is 1. The van der Waals surface area contributed by atoms with Crippen LogP contribution >= 0.6 is 11.3 Å². The van der Waals surface area contributed by atoms with Crippen molar-refractivity contribution in [2.75, 3.05) is 37.3 Å². The fraction of sp³-hybridized carbons (Fsp3) is 0.296. The number of anilines is 3. The molecule has 4 heterocycles. The molecule has 4 aromatic rings. The van der Waals surface area contributed by atoms with E-state index in [0.29, 0.717) is 20.9 Å². The number of hydrogen-bond donors (Lipinski definition) is 2. The maximum atomic E-state index is 13.3. The van der Waals surface area contributed by atoms with Crippen molar-refractivity contribution in [2.24, 2.45) is 0 Å². The lowest BCUT2D eigenvalue weighted by atomic mass is 10.00. The van der Waals surface area contributed by atoms with Crippen molar-refractivity contribution in [3.63, 3.8) is 0 Å². The van der Waals surface area contributed by atoms with Crippen molar-refractivity contribution in [3.05, 3.63) is 75.4 Å². The molecule has 0 aliphatic carbocycles. The molecule has 1 unspecified atom stereocenters. The Balaban J connectivity index is 1.42. The van der Waals surface area contributed by atoms with Gasteiger partial charge in [0.15, 0.2) is 5.82 Å². The predicted molar refractivity (Wildman–Crippen MR) is 145 cm³/mol. The number of carbonyl (C=O) groups excluding carboxylic acids is 1. The molecule has 3 N–H and O–H groups in total. The van der Waals surface area contributed by atoms with E-state index in [4.69, 9.17) is 5.73 Å². The minimum Gasteiger partial charge on any atom is -0.379 e. The number of benzene rings is 2. The van der Waals surface area contributed by atoms with E-state index in [1.165, 1.54) is 16.9 Å². The number of likely N-dealkylation sites (N-methyl/N-ethyl adjacent to an activating group) is 1. The van der Waals surface area contributed by atoms with Crippen LogP contribution in [0.25, 0.3) is 16.0 Å². The highest BCUT2D eigenvalue weighted by Crippen LogP contribution is 2.35. The SMILES string of the molecule is CN1CCC(NC(=O)c2cc3c(nc(N)c(=O)n3-c3ccc4c(c3)N(c3ccccc3)CCC4)s2)C1. The van der Waals surface area contributed by atoms with Crippen LogP contribution in [0.5, 0.6) is 0 Å². The highest BCUT2D eigenvalue weighted by molar-refractivity contribution is 7.20. The fourth-order valence-corrected chi connectivity index (χ4v) is 6.18. The van der Waals surface area contributed by atoms with E-state index >= 15 is 0 Å². The molecule has 0 bridgehead atoms. The van der Waals surface area contributed by atoms with E-state index in [-0.39, 0.29) is 23.3 Å². The van der Waals surface area contributed by atoms with Crippen LogP contribution in [0, 0.1) is 0 Å². The Morgan fingerprint density at radius 2 is 1.94 bits per heavy atom. The summed E-state index contributed by atoms with van der Waals surface area (Å²) in [5.74, 6) is -0.220.